The van der Waals surface area contributed by atoms with Crippen molar-refractivity contribution in [2.75, 3.05) is 38.4 Å². The fourth-order valence-corrected chi connectivity index (χ4v) is 6.48. The first-order valence-corrected chi connectivity index (χ1v) is 14.8. The largest absolute Gasteiger partial charge is 0.493 e. The molecule has 0 spiro atoms. The van der Waals surface area contributed by atoms with Gasteiger partial charge >= 0.3 is 5.97 Å². The number of imide groups is 1. The third-order valence-corrected chi connectivity index (χ3v) is 9.10. The first-order valence-electron chi connectivity index (χ1n) is 14.4. The van der Waals surface area contributed by atoms with E-state index in [9.17, 15) is 19.5 Å². The highest BCUT2D eigenvalue weighted by atomic mass is 35.5. The quantitative estimate of drug-likeness (QED) is 0.375. The number of nitrogens with zero attached hydrogens (tertiary/aromatic N) is 3. The second kappa shape index (κ2) is 12.7. The molecule has 2 heterocycles. The van der Waals surface area contributed by atoms with Crippen molar-refractivity contribution in [2.45, 2.75) is 58.4 Å². The van der Waals surface area contributed by atoms with E-state index >= 15 is 0 Å². The number of methoxy groups -OCH3 is 1. The van der Waals surface area contributed by atoms with Crippen molar-refractivity contribution in [3.63, 3.8) is 0 Å². The predicted octanol–water partition coefficient (Wildman–Crippen LogP) is 4.86. The summed E-state index contributed by atoms with van der Waals surface area (Å²) in [6.45, 7) is 4.82. The maximum Gasteiger partial charge on any atom is 0.306 e. The minimum Gasteiger partial charge on any atom is -0.493 e. The lowest BCUT2D eigenvalue weighted by molar-refractivity contribution is -0.143. The molecule has 0 radical (unpaired) electrons. The van der Waals surface area contributed by atoms with Crippen LogP contribution < -0.4 is 14.5 Å². The molecule has 2 fully saturated rings. The number of ether oxygens (including phenoxy) is 2. The van der Waals surface area contributed by atoms with Gasteiger partial charge in [0.1, 0.15) is 6.61 Å². The van der Waals surface area contributed by atoms with Gasteiger partial charge in [-0.3, -0.25) is 19.3 Å². The molecule has 1 saturated heterocycles. The molecular formula is C31H38ClN3O6. The van der Waals surface area contributed by atoms with Crippen molar-refractivity contribution >= 4 is 35.1 Å². The van der Waals surface area contributed by atoms with Crippen LogP contribution in [0.2, 0.25) is 5.02 Å². The second-order valence-corrected chi connectivity index (χ2v) is 11.6. The molecule has 0 atom stereocenters. The van der Waals surface area contributed by atoms with Gasteiger partial charge in [0.15, 0.2) is 11.5 Å². The number of rotatable bonds is 11. The van der Waals surface area contributed by atoms with E-state index in [4.69, 9.17) is 21.1 Å². The second-order valence-electron chi connectivity index (χ2n) is 11.2. The Bertz CT molecular complexity index is 1290. The van der Waals surface area contributed by atoms with Crippen LogP contribution in [0.1, 0.15) is 55.2 Å². The Balaban J connectivity index is 1.31. The van der Waals surface area contributed by atoms with E-state index in [1.54, 1.807) is 7.11 Å². The number of likely N-dealkylation sites (tertiary alicyclic amines) is 1. The van der Waals surface area contributed by atoms with Gasteiger partial charge in [-0.25, -0.2) is 5.01 Å². The lowest BCUT2D eigenvalue weighted by Crippen LogP contribution is -2.44. The lowest BCUT2D eigenvalue weighted by atomic mass is 9.82. The van der Waals surface area contributed by atoms with Gasteiger partial charge < -0.3 is 19.6 Å². The van der Waals surface area contributed by atoms with E-state index in [1.165, 1.54) is 16.2 Å². The van der Waals surface area contributed by atoms with Gasteiger partial charge in [-0.15, -0.1) is 0 Å². The highest BCUT2D eigenvalue weighted by Crippen LogP contribution is 2.38. The molecule has 9 nitrogen and oxygen atoms in total. The third-order valence-electron chi connectivity index (χ3n) is 8.69. The number of carbonyl (C=O) groups excluding carboxylic acids is 2. The molecule has 41 heavy (non-hydrogen) atoms. The zero-order valence-corrected chi connectivity index (χ0v) is 24.5. The summed E-state index contributed by atoms with van der Waals surface area (Å²) in [5.41, 5.74) is 4.61. The van der Waals surface area contributed by atoms with Crippen molar-refractivity contribution in [3.05, 3.63) is 52.0 Å². The van der Waals surface area contributed by atoms with Crippen LogP contribution in [0.3, 0.4) is 0 Å². The average Bonchev–Trinajstić information content (AvgIpc) is 3.54. The van der Waals surface area contributed by atoms with Crippen LogP contribution in [0, 0.1) is 18.8 Å². The topological polar surface area (TPSA) is 99.6 Å². The third kappa shape index (κ3) is 6.46. The molecule has 0 bridgehead atoms. The van der Waals surface area contributed by atoms with Gasteiger partial charge in [-0.05, 0) is 85.9 Å². The van der Waals surface area contributed by atoms with Gasteiger partial charge in [0, 0.05) is 37.5 Å². The Morgan fingerprint density at radius 3 is 2.46 bits per heavy atom. The van der Waals surface area contributed by atoms with E-state index in [-0.39, 0.29) is 43.7 Å². The van der Waals surface area contributed by atoms with Gasteiger partial charge in [0.2, 0.25) is 11.8 Å². The fraction of sp³-hybridized carbons (Fsp3) is 0.516. The van der Waals surface area contributed by atoms with E-state index in [0.29, 0.717) is 36.8 Å². The molecular weight excluding hydrogens is 546 g/mol. The Morgan fingerprint density at radius 2 is 1.78 bits per heavy atom. The Labute approximate surface area is 245 Å². The number of fused-ring (bicyclic) bond motifs is 1. The Hall–Kier alpha value is -3.30. The average molecular weight is 584 g/mol. The van der Waals surface area contributed by atoms with E-state index in [1.807, 2.05) is 24.3 Å². The molecule has 1 aliphatic carbocycles. The smallest absolute Gasteiger partial charge is 0.306 e. The number of halogens is 1. The Kier molecular flexibility index (Phi) is 9.04. The molecule has 5 rings (SSSR count). The number of hydrogen-bond donors (Lipinski definition) is 1. The number of benzene rings is 2. The van der Waals surface area contributed by atoms with Crippen molar-refractivity contribution in [1.82, 2.24) is 9.91 Å². The van der Waals surface area contributed by atoms with Crippen molar-refractivity contribution < 1.29 is 29.0 Å². The predicted molar refractivity (Wildman–Crippen MR) is 155 cm³/mol. The van der Waals surface area contributed by atoms with E-state index in [0.717, 1.165) is 48.5 Å². The number of carbonyl (C=O) groups is 3. The summed E-state index contributed by atoms with van der Waals surface area (Å²) in [4.78, 5) is 36.5. The molecule has 0 aromatic heterocycles. The number of carboxylic acids is 1. The summed E-state index contributed by atoms with van der Waals surface area (Å²) in [5.74, 6) is 0.323. The molecule has 10 heteroatoms. The number of amides is 2. The molecule has 0 unspecified atom stereocenters. The van der Waals surface area contributed by atoms with Gasteiger partial charge in [-0.2, -0.15) is 0 Å². The zero-order valence-electron chi connectivity index (χ0n) is 23.7. The fourth-order valence-electron chi connectivity index (χ4n) is 6.30. The van der Waals surface area contributed by atoms with E-state index in [2.05, 4.69) is 23.0 Å². The number of carboxylic acid groups (broad SMARTS) is 1. The molecule has 1 saturated carbocycles. The molecule has 220 valence electrons. The summed E-state index contributed by atoms with van der Waals surface area (Å²) in [7, 11) is 1.60. The molecule has 2 amide bonds. The van der Waals surface area contributed by atoms with Crippen LogP contribution in [0.4, 0.5) is 5.69 Å². The van der Waals surface area contributed by atoms with E-state index < -0.39 is 5.97 Å². The van der Waals surface area contributed by atoms with Crippen LogP contribution in [0.25, 0.3) is 0 Å². The summed E-state index contributed by atoms with van der Waals surface area (Å²) in [5, 5.41) is 15.0. The van der Waals surface area contributed by atoms with Crippen LogP contribution in [-0.4, -0.2) is 66.1 Å². The summed E-state index contributed by atoms with van der Waals surface area (Å²) < 4.78 is 11.6. The lowest BCUT2D eigenvalue weighted by Gasteiger charge is -2.38. The molecule has 2 aliphatic heterocycles. The van der Waals surface area contributed by atoms with Crippen molar-refractivity contribution in [2.24, 2.45) is 11.8 Å². The molecule has 2 aromatic rings. The number of anilines is 1. The van der Waals surface area contributed by atoms with Gasteiger partial charge in [0.25, 0.3) is 0 Å². The first kappa shape index (κ1) is 29.2. The van der Waals surface area contributed by atoms with Gasteiger partial charge in [-0.1, -0.05) is 17.7 Å². The van der Waals surface area contributed by atoms with Gasteiger partial charge in [0.05, 0.1) is 25.3 Å². The standard InChI is InChI=1S/C31H38ClN3O6/c1-20-24-13-14-35(26(24)9-8-25(20)32)33(18-21-3-6-23(7-4-21)31(38)39)19-22-5-10-27(28(17-22)40-2)41-16-15-34-29(36)11-12-30(34)37/h5,8-10,17,21,23H,3-4,6-7,11-16,18-19H2,1-2H3,(H,38,39). The first-order chi connectivity index (χ1) is 19.7. The molecule has 2 aromatic carbocycles. The monoisotopic (exact) mass is 583 g/mol. The summed E-state index contributed by atoms with van der Waals surface area (Å²) in [6.07, 6.45) is 4.67. The maximum absolute atomic E-state index is 11.9. The van der Waals surface area contributed by atoms with Crippen LogP contribution in [-0.2, 0) is 27.3 Å². The van der Waals surface area contributed by atoms with Crippen molar-refractivity contribution in [3.8, 4) is 11.5 Å². The molecule has 3 aliphatic rings. The normalized spacial score (nSPS) is 20.6. The minimum atomic E-state index is -0.686. The highest BCUT2D eigenvalue weighted by Gasteiger charge is 2.32. The SMILES string of the molecule is COc1cc(CN(CC2CCC(C(=O)O)CC2)N2CCc3c2ccc(Cl)c3C)ccc1OCCN1C(=O)CCC1=O. The highest BCUT2D eigenvalue weighted by molar-refractivity contribution is 6.31. The number of hydrogen-bond acceptors (Lipinski definition) is 7. The van der Waals surface area contributed by atoms with Crippen molar-refractivity contribution in [1.29, 1.82) is 0 Å². The minimum absolute atomic E-state index is 0.154. The van der Waals surface area contributed by atoms with Crippen LogP contribution in [0.15, 0.2) is 30.3 Å². The zero-order chi connectivity index (χ0) is 29.1. The number of aliphatic carboxylic acids is 1. The maximum atomic E-state index is 11.9. The number of hydrazine groups is 1. The molecule has 1 N–H and O–H groups in total. The Morgan fingerprint density at radius 1 is 1.05 bits per heavy atom. The summed E-state index contributed by atoms with van der Waals surface area (Å²) in [6, 6.07) is 9.92. The summed E-state index contributed by atoms with van der Waals surface area (Å²) >= 11 is 6.44. The van der Waals surface area contributed by atoms with Crippen LogP contribution in [0.5, 0.6) is 11.5 Å². The van der Waals surface area contributed by atoms with Crippen LogP contribution >= 0.6 is 11.6 Å².